The van der Waals surface area contributed by atoms with Crippen LogP contribution in [0.4, 0.5) is 4.79 Å². The summed E-state index contributed by atoms with van der Waals surface area (Å²) in [5.41, 5.74) is 13.1. The summed E-state index contributed by atoms with van der Waals surface area (Å²) in [5, 5.41) is 5.72. The molecule has 7 heteroatoms. The van der Waals surface area contributed by atoms with Crippen molar-refractivity contribution in [2.75, 3.05) is 0 Å². The predicted molar refractivity (Wildman–Crippen MR) is 96.9 cm³/mol. The Morgan fingerprint density at radius 2 is 1.83 bits per heavy atom. The van der Waals surface area contributed by atoms with Crippen LogP contribution in [0.5, 0.6) is 0 Å². The highest BCUT2D eigenvalue weighted by molar-refractivity contribution is 5.85. The van der Waals surface area contributed by atoms with Gasteiger partial charge in [0.25, 0.3) is 0 Å². The molecule has 1 aliphatic carbocycles. The molecule has 1 aromatic rings. The maximum Gasteiger partial charge on any atom is 0.312 e. The Morgan fingerprint density at radius 1 is 1.21 bits per heavy atom. The minimum Gasteiger partial charge on any atom is -0.353 e. The van der Waals surface area contributed by atoms with Crippen molar-refractivity contribution in [3.05, 3.63) is 35.4 Å². The van der Waals surface area contributed by atoms with Crippen molar-refractivity contribution in [3.63, 3.8) is 0 Å². The van der Waals surface area contributed by atoms with Gasteiger partial charge >= 0.3 is 6.03 Å². The third-order valence-corrected chi connectivity index (χ3v) is 4.41. The van der Waals surface area contributed by atoms with Gasteiger partial charge in [0.05, 0.1) is 12.5 Å². The maximum atomic E-state index is 12.3. The van der Waals surface area contributed by atoms with Crippen molar-refractivity contribution < 1.29 is 9.59 Å². The van der Waals surface area contributed by atoms with Crippen LogP contribution in [0.15, 0.2) is 24.3 Å². The number of amides is 3. The highest BCUT2D eigenvalue weighted by Gasteiger charge is 2.23. The second-order valence-corrected chi connectivity index (χ2v) is 6.30. The molecular formula is C17H27ClN4O2. The molecule has 0 bridgehead atoms. The summed E-state index contributed by atoms with van der Waals surface area (Å²) < 4.78 is 0. The zero-order valence-corrected chi connectivity index (χ0v) is 14.8. The molecule has 134 valence electrons. The molecule has 6 N–H and O–H groups in total. The fraction of sp³-hybridized carbons (Fsp3) is 0.529. The number of carbonyl (C=O) groups is 2. The molecule has 3 amide bonds. The zero-order chi connectivity index (χ0) is 16.8. The fourth-order valence-electron chi connectivity index (χ4n) is 3.12. The molecule has 0 spiro atoms. The van der Waals surface area contributed by atoms with Gasteiger partial charge in [0, 0.05) is 12.1 Å². The number of halogens is 1. The Kier molecular flexibility index (Phi) is 8.01. The lowest BCUT2D eigenvalue weighted by Gasteiger charge is -2.27. The number of hydrogen-bond acceptors (Lipinski definition) is 3. The Labute approximate surface area is 149 Å². The van der Waals surface area contributed by atoms with Gasteiger partial charge in [-0.1, -0.05) is 24.3 Å². The number of benzene rings is 1. The standard InChI is InChI=1S/C17H26N4O2.ClH/c1-11-4-2-3-5-14(11)15(21-17(19)23)10-16(22)20-13-8-6-12(18)7-9-13;/h2-5,12-13,15H,6-10,18H2,1H3,(H,20,22)(H3,19,21,23);1H. The molecule has 0 aliphatic heterocycles. The number of carbonyl (C=O) groups excluding carboxylic acids is 2. The van der Waals surface area contributed by atoms with E-state index in [9.17, 15) is 9.59 Å². The lowest BCUT2D eigenvalue weighted by atomic mass is 9.91. The van der Waals surface area contributed by atoms with Crippen LogP contribution in [0.1, 0.15) is 49.3 Å². The minimum atomic E-state index is -0.630. The molecule has 1 aliphatic rings. The van der Waals surface area contributed by atoms with Gasteiger partial charge in [0.1, 0.15) is 0 Å². The maximum absolute atomic E-state index is 12.3. The molecule has 2 rings (SSSR count). The molecule has 6 nitrogen and oxygen atoms in total. The summed E-state index contributed by atoms with van der Waals surface area (Å²) in [6, 6.07) is 7.04. The zero-order valence-electron chi connectivity index (χ0n) is 14.0. The number of nitrogens with one attached hydrogen (secondary N) is 2. The highest BCUT2D eigenvalue weighted by Crippen LogP contribution is 2.22. The molecule has 0 aromatic heterocycles. The summed E-state index contributed by atoms with van der Waals surface area (Å²) in [5.74, 6) is -0.0764. The van der Waals surface area contributed by atoms with E-state index in [2.05, 4.69) is 10.6 Å². The number of urea groups is 1. The Balaban J connectivity index is 0.00000288. The summed E-state index contributed by atoms with van der Waals surface area (Å²) in [4.78, 5) is 23.6. The monoisotopic (exact) mass is 354 g/mol. The third-order valence-electron chi connectivity index (χ3n) is 4.41. The largest absolute Gasteiger partial charge is 0.353 e. The predicted octanol–water partition coefficient (Wildman–Crippen LogP) is 1.90. The molecule has 0 radical (unpaired) electrons. The van der Waals surface area contributed by atoms with Gasteiger partial charge in [-0.2, -0.15) is 0 Å². The second kappa shape index (κ2) is 9.49. The van der Waals surface area contributed by atoms with E-state index in [1.807, 2.05) is 31.2 Å². The van der Waals surface area contributed by atoms with Crippen LogP contribution >= 0.6 is 12.4 Å². The molecule has 1 atom stereocenters. The van der Waals surface area contributed by atoms with Crippen LogP contribution in [0.3, 0.4) is 0 Å². The number of primary amides is 1. The van der Waals surface area contributed by atoms with Crippen LogP contribution in [0.25, 0.3) is 0 Å². The second-order valence-electron chi connectivity index (χ2n) is 6.30. The first-order valence-corrected chi connectivity index (χ1v) is 8.12. The Hall–Kier alpha value is -1.79. The van der Waals surface area contributed by atoms with E-state index in [-0.39, 0.29) is 36.8 Å². The molecule has 1 unspecified atom stereocenters. The summed E-state index contributed by atoms with van der Waals surface area (Å²) >= 11 is 0. The number of aryl methyl sites for hydroxylation is 1. The van der Waals surface area contributed by atoms with Crippen molar-refractivity contribution in [3.8, 4) is 0 Å². The smallest absolute Gasteiger partial charge is 0.312 e. The summed E-state index contributed by atoms with van der Waals surface area (Å²) in [6.45, 7) is 1.95. The van der Waals surface area contributed by atoms with Crippen LogP contribution in [0.2, 0.25) is 0 Å². The number of rotatable bonds is 5. The number of hydrogen-bond donors (Lipinski definition) is 4. The third kappa shape index (κ3) is 6.02. The molecular weight excluding hydrogens is 328 g/mol. The van der Waals surface area contributed by atoms with Gasteiger partial charge in [0.15, 0.2) is 0 Å². The van der Waals surface area contributed by atoms with Gasteiger partial charge in [-0.3, -0.25) is 4.79 Å². The van der Waals surface area contributed by atoms with Crippen molar-refractivity contribution in [1.82, 2.24) is 10.6 Å². The molecule has 24 heavy (non-hydrogen) atoms. The van der Waals surface area contributed by atoms with E-state index >= 15 is 0 Å². The molecule has 0 saturated heterocycles. The number of nitrogens with two attached hydrogens (primary N) is 2. The first kappa shape index (κ1) is 20.3. The van der Waals surface area contributed by atoms with E-state index in [4.69, 9.17) is 11.5 Å². The van der Waals surface area contributed by atoms with Crippen molar-refractivity contribution in [2.45, 2.75) is 57.2 Å². The molecule has 1 aromatic carbocycles. The van der Waals surface area contributed by atoms with Gasteiger partial charge in [-0.05, 0) is 43.7 Å². The average Bonchev–Trinajstić information content (AvgIpc) is 2.49. The van der Waals surface area contributed by atoms with Crippen LogP contribution in [-0.2, 0) is 4.79 Å². The van der Waals surface area contributed by atoms with Gasteiger partial charge in [-0.15, -0.1) is 12.4 Å². The minimum absolute atomic E-state index is 0. The van der Waals surface area contributed by atoms with E-state index in [1.165, 1.54) is 0 Å². The van der Waals surface area contributed by atoms with E-state index < -0.39 is 12.1 Å². The quantitative estimate of drug-likeness (QED) is 0.648. The van der Waals surface area contributed by atoms with Crippen molar-refractivity contribution in [1.29, 1.82) is 0 Å². The SMILES string of the molecule is Cc1ccccc1C(CC(=O)NC1CCC(N)CC1)NC(N)=O.Cl. The first-order chi connectivity index (χ1) is 11.0. The lowest BCUT2D eigenvalue weighted by molar-refractivity contribution is -0.122. The fourth-order valence-corrected chi connectivity index (χ4v) is 3.12. The average molecular weight is 355 g/mol. The van der Waals surface area contributed by atoms with Gasteiger partial charge < -0.3 is 22.1 Å². The van der Waals surface area contributed by atoms with Crippen LogP contribution < -0.4 is 22.1 Å². The highest BCUT2D eigenvalue weighted by atomic mass is 35.5. The molecule has 0 heterocycles. The van der Waals surface area contributed by atoms with Crippen molar-refractivity contribution in [2.24, 2.45) is 11.5 Å². The molecule has 1 saturated carbocycles. The molecule has 1 fully saturated rings. The van der Waals surface area contributed by atoms with Gasteiger partial charge in [0.2, 0.25) is 5.91 Å². The van der Waals surface area contributed by atoms with Crippen LogP contribution in [0, 0.1) is 6.92 Å². The summed E-state index contributed by atoms with van der Waals surface area (Å²) in [6.07, 6.45) is 3.87. The van der Waals surface area contributed by atoms with Crippen LogP contribution in [-0.4, -0.2) is 24.0 Å². The Bertz CT molecular complexity index is 559. The lowest BCUT2D eigenvalue weighted by Crippen LogP contribution is -2.42. The van der Waals surface area contributed by atoms with Gasteiger partial charge in [-0.25, -0.2) is 4.79 Å². The van der Waals surface area contributed by atoms with E-state index in [0.29, 0.717) is 0 Å². The summed E-state index contributed by atoms with van der Waals surface area (Å²) in [7, 11) is 0. The Morgan fingerprint density at radius 3 is 2.42 bits per heavy atom. The van der Waals surface area contributed by atoms with Crippen molar-refractivity contribution >= 4 is 24.3 Å². The first-order valence-electron chi connectivity index (χ1n) is 8.12. The topological polar surface area (TPSA) is 110 Å². The normalized spacial score (nSPS) is 21.2. The van der Waals surface area contributed by atoms with E-state index in [1.54, 1.807) is 0 Å². The van der Waals surface area contributed by atoms with E-state index in [0.717, 1.165) is 36.8 Å².